The Bertz CT molecular complexity index is 379. The maximum absolute atomic E-state index is 12.9. The zero-order valence-corrected chi connectivity index (χ0v) is 14.3. The highest BCUT2D eigenvalue weighted by molar-refractivity contribution is 6.03. The Hall–Kier alpha value is -0.900. The lowest BCUT2D eigenvalue weighted by Gasteiger charge is -2.39. The van der Waals surface area contributed by atoms with Crippen LogP contribution in [0.15, 0.2) is 0 Å². The van der Waals surface area contributed by atoms with E-state index in [0.717, 1.165) is 12.8 Å². The highest BCUT2D eigenvalue weighted by Gasteiger charge is 2.46. The van der Waals surface area contributed by atoms with Crippen molar-refractivity contribution in [2.75, 3.05) is 6.61 Å². The molecule has 21 heavy (non-hydrogen) atoms. The van der Waals surface area contributed by atoms with Crippen molar-refractivity contribution in [1.29, 1.82) is 0 Å². The smallest absolute Gasteiger partial charge is 0.316 e. The predicted molar refractivity (Wildman–Crippen MR) is 82.0 cm³/mol. The number of ketones is 1. The third-order valence-corrected chi connectivity index (χ3v) is 3.98. The van der Waals surface area contributed by atoms with Crippen molar-refractivity contribution >= 4 is 11.8 Å². The standard InChI is InChI=1S/C17H30O4/c1-7-20-17(10-8-9-12(2)11-17)14(18)13(3)15(19)21-16(4,5)6/h12-13H,7-11H2,1-6H3. The van der Waals surface area contributed by atoms with Crippen molar-refractivity contribution in [2.45, 2.75) is 78.4 Å². The lowest BCUT2D eigenvalue weighted by atomic mass is 9.73. The quantitative estimate of drug-likeness (QED) is 0.575. The molecule has 3 unspecified atom stereocenters. The number of ether oxygens (including phenoxy) is 2. The van der Waals surface area contributed by atoms with Crippen LogP contribution >= 0.6 is 0 Å². The minimum atomic E-state index is -0.803. The molecule has 4 heteroatoms. The maximum Gasteiger partial charge on any atom is 0.316 e. The summed E-state index contributed by atoms with van der Waals surface area (Å²) in [4.78, 5) is 25.0. The molecule has 0 aliphatic heterocycles. The van der Waals surface area contributed by atoms with Crippen molar-refractivity contribution in [1.82, 2.24) is 0 Å². The van der Waals surface area contributed by atoms with Crippen LogP contribution in [0.3, 0.4) is 0 Å². The number of carbonyl (C=O) groups excluding carboxylic acids is 2. The van der Waals surface area contributed by atoms with Gasteiger partial charge in [-0.2, -0.15) is 0 Å². The second-order valence-electron chi connectivity index (χ2n) is 7.25. The normalized spacial score (nSPS) is 28.0. The number of carbonyl (C=O) groups is 2. The van der Waals surface area contributed by atoms with Crippen molar-refractivity contribution in [3.05, 3.63) is 0 Å². The minimum Gasteiger partial charge on any atom is -0.459 e. The first-order chi connectivity index (χ1) is 9.61. The van der Waals surface area contributed by atoms with Crippen LogP contribution in [0.25, 0.3) is 0 Å². The Morgan fingerprint density at radius 2 is 1.95 bits per heavy atom. The van der Waals surface area contributed by atoms with E-state index in [2.05, 4.69) is 6.92 Å². The average Bonchev–Trinajstić information content (AvgIpc) is 2.35. The Balaban J connectivity index is 2.87. The molecular weight excluding hydrogens is 268 g/mol. The SMILES string of the molecule is CCOC1(C(=O)C(C)C(=O)OC(C)(C)C)CCCC(C)C1. The van der Waals surface area contributed by atoms with Gasteiger partial charge in [-0.3, -0.25) is 9.59 Å². The summed E-state index contributed by atoms with van der Waals surface area (Å²) >= 11 is 0. The molecule has 0 heterocycles. The van der Waals surface area contributed by atoms with E-state index in [1.807, 2.05) is 27.7 Å². The van der Waals surface area contributed by atoms with Crippen molar-refractivity contribution in [3.8, 4) is 0 Å². The van der Waals surface area contributed by atoms with Gasteiger partial charge in [-0.1, -0.05) is 13.3 Å². The van der Waals surface area contributed by atoms with Crippen LogP contribution in [0.4, 0.5) is 0 Å². The van der Waals surface area contributed by atoms with Crippen LogP contribution in [-0.4, -0.2) is 29.6 Å². The van der Waals surface area contributed by atoms with Crippen molar-refractivity contribution < 1.29 is 19.1 Å². The topological polar surface area (TPSA) is 52.6 Å². The van der Waals surface area contributed by atoms with E-state index < -0.39 is 23.1 Å². The van der Waals surface area contributed by atoms with E-state index >= 15 is 0 Å². The van der Waals surface area contributed by atoms with Gasteiger partial charge < -0.3 is 9.47 Å². The number of hydrogen-bond donors (Lipinski definition) is 0. The fraction of sp³-hybridized carbons (Fsp3) is 0.882. The Morgan fingerprint density at radius 1 is 1.33 bits per heavy atom. The van der Waals surface area contributed by atoms with E-state index in [9.17, 15) is 9.59 Å². The van der Waals surface area contributed by atoms with Gasteiger partial charge in [-0.15, -0.1) is 0 Å². The number of Topliss-reactive ketones (excluding diaryl/α,β-unsaturated/α-hetero) is 1. The molecule has 0 aromatic rings. The Kier molecular flexibility index (Phi) is 5.97. The summed E-state index contributed by atoms with van der Waals surface area (Å²) < 4.78 is 11.2. The lowest BCUT2D eigenvalue weighted by molar-refractivity contribution is -0.170. The van der Waals surface area contributed by atoms with Crippen molar-refractivity contribution in [3.63, 3.8) is 0 Å². The summed E-state index contributed by atoms with van der Waals surface area (Å²) in [5.74, 6) is -0.906. The summed E-state index contributed by atoms with van der Waals surface area (Å²) in [5.41, 5.74) is -1.38. The third-order valence-electron chi connectivity index (χ3n) is 3.98. The molecule has 1 fully saturated rings. The molecule has 1 saturated carbocycles. The molecule has 1 rings (SSSR count). The first kappa shape index (κ1) is 18.1. The molecule has 4 nitrogen and oxygen atoms in total. The molecule has 1 aliphatic rings. The van der Waals surface area contributed by atoms with E-state index in [1.165, 1.54) is 0 Å². The van der Waals surface area contributed by atoms with Gasteiger partial charge in [0.05, 0.1) is 0 Å². The maximum atomic E-state index is 12.9. The predicted octanol–water partition coefficient (Wildman–Crippen LogP) is 3.52. The Morgan fingerprint density at radius 3 is 2.43 bits per heavy atom. The van der Waals surface area contributed by atoms with Gasteiger partial charge in [0.1, 0.15) is 17.1 Å². The number of rotatable bonds is 5. The van der Waals surface area contributed by atoms with Crippen LogP contribution in [-0.2, 0) is 19.1 Å². The second-order valence-corrected chi connectivity index (χ2v) is 7.25. The zero-order valence-electron chi connectivity index (χ0n) is 14.3. The monoisotopic (exact) mass is 298 g/mol. The van der Waals surface area contributed by atoms with Gasteiger partial charge >= 0.3 is 5.97 Å². The van der Waals surface area contributed by atoms with E-state index in [-0.39, 0.29) is 5.78 Å². The van der Waals surface area contributed by atoms with Gasteiger partial charge in [0.25, 0.3) is 0 Å². The molecule has 0 bridgehead atoms. The Labute approximate surface area is 128 Å². The molecule has 0 amide bonds. The minimum absolute atomic E-state index is 0.120. The summed E-state index contributed by atoms with van der Waals surface area (Å²) in [6.07, 6.45) is 3.49. The number of esters is 1. The summed E-state index contributed by atoms with van der Waals surface area (Å²) in [6, 6.07) is 0. The second kappa shape index (κ2) is 6.91. The molecule has 0 aromatic heterocycles. The lowest BCUT2D eigenvalue weighted by Crippen LogP contribution is -2.50. The van der Waals surface area contributed by atoms with E-state index in [4.69, 9.17) is 9.47 Å². The fourth-order valence-electron chi connectivity index (χ4n) is 3.10. The van der Waals surface area contributed by atoms with E-state index in [0.29, 0.717) is 25.4 Å². The largest absolute Gasteiger partial charge is 0.459 e. The van der Waals surface area contributed by atoms with Gasteiger partial charge in [0.15, 0.2) is 5.78 Å². The molecule has 3 atom stereocenters. The van der Waals surface area contributed by atoms with Gasteiger partial charge in [-0.05, 0) is 59.8 Å². The number of hydrogen-bond acceptors (Lipinski definition) is 4. The molecule has 1 aliphatic carbocycles. The molecule has 0 N–H and O–H groups in total. The van der Waals surface area contributed by atoms with Gasteiger partial charge in [0.2, 0.25) is 0 Å². The molecular formula is C17H30O4. The highest BCUT2D eigenvalue weighted by atomic mass is 16.6. The van der Waals surface area contributed by atoms with Crippen LogP contribution < -0.4 is 0 Å². The van der Waals surface area contributed by atoms with Crippen LogP contribution in [0.2, 0.25) is 0 Å². The molecule has 0 radical (unpaired) electrons. The van der Waals surface area contributed by atoms with E-state index in [1.54, 1.807) is 6.92 Å². The molecule has 122 valence electrons. The molecule has 0 spiro atoms. The fourth-order valence-corrected chi connectivity index (χ4v) is 3.10. The highest BCUT2D eigenvalue weighted by Crippen LogP contribution is 2.38. The molecule has 0 saturated heterocycles. The molecule has 0 aromatic carbocycles. The zero-order chi connectivity index (χ0) is 16.3. The summed E-state index contributed by atoms with van der Waals surface area (Å²) in [5, 5.41) is 0. The van der Waals surface area contributed by atoms with Gasteiger partial charge in [0, 0.05) is 6.61 Å². The average molecular weight is 298 g/mol. The van der Waals surface area contributed by atoms with Crippen LogP contribution in [0.5, 0.6) is 0 Å². The third kappa shape index (κ3) is 4.80. The van der Waals surface area contributed by atoms with Crippen molar-refractivity contribution in [2.24, 2.45) is 11.8 Å². The summed E-state index contributed by atoms with van der Waals surface area (Å²) in [7, 11) is 0. The van der Waals surface area contributed by atoms with Gasteiger partial charge in [-0.25, -0.2) is 0 Å². The first-order valence-corrected chi connectivity index (χ1v) is 8.02. The summed E-state index contributed by atoms with van der Waals surface area (Å²) in [6.45, 7) is 11.6. The van der Waals surface area contributed by atoms with Crippen LogP contribution in [0.1, 0.15) is 67.2 Å². The van der Waals surface area contributed by atoms with Crippen LogP contribution in [0, 0.1) is 11.8 Å². The first-order valence-electron chi connectivity index (χ1n) is 8.02.